The predicted molar refractivity (Wildman–Crippen MR) is 88.9 cm³/mol. The average molecular weight is 350 g/mol. The van der Waals surface area contributed by atoms with E-state index in [1.165, 1.54) is 11.6 Å². The van der Waals surface area contributed by atoms with Crippen molar-refractivity contribution in [3.05, 3.63) is 63.9 Å². The van der Waals surface area contributed by atoms with E-state index in [0.717, 1.165) is 16.6 Å². The summed E-state index contributed by atoms with van der Waals surface area (Å²) in [5.74, 6) is -0.0228. The standard InChI is InChI=1S/C16H17BrFN3/c1-2-11-4-3-5-14(8-11)21-16(19)20-10-12-9-13(17)6-7-15(12)18/h3-9H,2,10H2,1H3,(H3,19,20,21). The Kier molecular flexibility index (Phi) is 5.33. The number of halogens is 2. The van der Waals surface area contributed by atoms with E-state index in [2.05, 4.69) is 39.2 Å². The Morgan fingerprint density at radius 3 is 2.86 bits per heavy atom. The summed E-state index contributed by atoms with van der Waals surface area (Å²) in [5, 5.41) is 3.01. The second kappa shape index (κ2) is 7.22. The Labute approximate surface area is 132 Å². The van der Waals surface area contributed by atoms with Gasteiger partial charge in [-0.3, -0.25) is 0 Å². The molecule has 0 saturated heterocycles. The molecule has 0 atom stereocenters. The third-order valence-electron chi connectivity index (χ3n) is 3.04. The largest absolute Gasteiger partial charge is 0.370 e. The minimum absolute atomic E-state index is 0.192. The highest BCUT2D eigenvalue weighted by atomic mass is 79.9. The molecule has 5 heteroatoms. The molecule has 3 nitrogen and oxygen atoms in total. The highest BCUT2D eigenvalue weighted by molar-refractivity contribution is 9.10. The number of benzene rings is 2. The maximum absolute atomic E-state index is 13.6. The fourth-order valence-corrected chi connectivity index (χ4v) is 2.30. The summed E-state index contributed by atoms with van der Waals surface area (Å²) in [4.78, 5) is 4.17. The lowest BCUT2D eigenvalue weighted by molar-refractivity contribution is 0.610. The van der Waals surface area contributed by atoms with Crippen LogP contribution in [0.25, 0.3) is 0 Å². The average Bonchev–Trinajstić information content (AvgIpc) is 2.48. The summed E-state index contributed by atoms with van der Waals surface area (Å²) in [6.07, 6.45) is 0.954. The number of rotatable bonds is 4. The number of nitrogens with one attached hydrogen (secondary N) is 1. The molecule has 3 N–H and O–H groups in total. The molecule has 21 heavy (non-hydrogen) atoms. The van der Waals surface area contributed by atoms with Crippen LogP contribution in [0.15, 0.2) is 51.9 Å². The van der Waals surface area contributed by atoms with Gasteiger partial charge in [0.15, 0.2) is 5.96 Å². The molecule has 0 saturated carbocycles. The van der Waals surface area contributed by atoms with E-state index < -0.39 is 0 Å². The van der Waals surface area contributed by atoms with Crippen LogP contribution in [-0.4, -0.2) is 5.96 Å². The minimum atomic E-state index is -0.289. The predicted octanol–water partition coefficient (Wildman–Crippen LogP) is 4.08. The third kappa shape index (κ3) is 4.56. The van der Waals surface area contributed by atoms with Crippen molar-refractivity contribution in [3.63, 3.8) is 0 Å². The van der Waals surface area contributed by atoms with Crippen LogP contribution in [0.4, 0.5) is 10.1 Å². The maximum atomic E-state index is 13.6. The van der Waals surface area contributed by atoms with Crippen molar-refractivity contribution in [2.24, 2.45) is 10.7 Å². The normalized spacial score (nSPS) is 11.5. The first-order valence-corrected chi connectivity index (χ1v) is 7.47. The molecule has 0 fully saturated rings. The molecule has 0 unspecified atom stereocenters. The van der Waals surface area contributed by atoms with Gasteiger partial charge in [0.2, 0.25) is 0 Å². The SMILES string of the molecule is CCc1cccc(NC(N)=NCc2cc(Br)ccc2F)c1. The van der Waals surface area contributed by atoms with Crippen LogP contribution in [-0.2, 0) is 13.0 Å². The molecular weight excluding hydrogens is 333 g/mol. The minimum Gasteiger partial charge on any atom is -0.370 e. The van der Waals surface area contributed by atoms with Crippen molar-refractivity contribution >= 4 is 27.6 Å². The zero-order valence-electron chi connectivity index (χ0n) is 11.7. The zero-order valence-corrected chi connectivity index (χ0v) is 13.3. The lowest BCUT2D eigenvalue weighted by atomic mass is 10.1. The number of aryl methyl sites for hydroxylation is 1. The molecule has 0 aliphatic rings. The number of hydrogen-bond acceptors (Lipinski definition) is 1. The van der Waals surface area contributed by atoms with Gasteiger partial charge in [-0.15, -0.1) is 0 Å². The molecule has 0 radical (unpaired) electrons. The molecule has 110 valence electrons. The summed E-state index contributed by atoms with van der Waals surface area (Å²) in [7, 11) is 0. The van der Waals surface area contributed by atoms with Crippen LogP contribution in [0.2, 0.25) is 0 Å². The van der Waals surface area contributed by atoms with E-state index in [0.29, 0.717) is 5.56 Å². The second-order valence-electron chi connectivity index (χ2n) is 4.62. The van der Waals surface area contributed by atoms with E-state index in [1.54, 1.807) is 12.1 Å². The van der Waals surface area contributed by atoms with Crippen LogP contribution < -0.4 is 11.1 Å². The van der Waals surface area contributed by atoms with Crippen LogP contribution in [0.1, 0.15) is 18.1 Å². The number of guanidine groups is 1. The molecule has 0 amide bonds. The van der Waals surface area contributed by atoms with Gasteiger partial charge in [-0.25, -0.2) is 9.38 Å². The monoisotopic (exact) mass is 349 g/mol. The molecule has 0 aromatic heterocycles. The topological polar surface area (TPSA) is 50.4 Å². The molecule has 0 heterocycles. The van der Waals surface area contributed by atoms with Gasteiger partial charge >= 0.3 is 0 Å². The fraction of sp³-hybridized carbons (Fsp3) is 0.188. The van der Waals surface area contributed by atoms with E-state index in [-0.39, 0.29) is 18.3 Å². The molecule has 0 bridgehead atoms. The summed E-state index contributed by atoms with van der Waals surface area (Å²) in [5.41, 5.74) is 8.43. The molecule has 0 aliphatic heterocycles. The summed E-state index contributed by atoms with van der Waals surface area (Å²) >= 11 is 3.31. The van der Waals surface area contributed by atoms with Gasteiger partial charge in [-0.2, -0.15) is 0 Å². The van der Waals surface area contributed by atoms with Crippen molar-refractivity contribution in [2.75, 3.05) is 5.32 Å². The number of nitrogens with zero attached hydrogens (tertiary/aromatic N) is 1. The van der Waals surface area contributed by atoms with Gasteiger partial charge in [-0.1, -0.05) is 35.0 Å². The van der Waals surface area contributed by atoms with Crippen molar-refractivity contribution in [3.8, 4) is 0 Å². The van der Waals surface area contributed by atoms with Gasteiger partial charge in [0.25, 0.3) is 0 Å². The van der Waals surface area contributed by atoms with Crippen molar-refractivity contribution in [2.45, 2.75) is 19.9 Å². The Balaban J connectivity index is 2.05. The van der Waals surface area contributed by atoms with Crippen LogP contribution in [0.3, 0.4) is 0 Å². The molecular formula is C16H17BrFN3. The van der Waals surface area contributed by atoms with E-state index in [1.807, 2.05) is 18.2 Å². The Bertz CT molecular complexity index is 656. The van der Waals surface area contributed by atoms with Gasteiger partial charge in [0.1, 0.15) is 5.82 Å². The van der Waals surface area contributed by atoms with Crippen molar-refractivity contribution in [1.29, 1.82) is 0 Å². The fourth-order valence-electron chi connectivity index (χ4n) is 1.89. The Morgan fingerprint density at radius 1 is 1.29 bits per heavy atom. The van der Waals surface area contributed by atoms with Gasteiger partial charge in [-0.05, 0) is 42.3 Å². The zero-order chi connectivity index (χ0) is 15.2. The van der Waals surface area contributed by atoms with E-state index in [4.69, 9.17) is 5.73 Å². The maximum Gasteiger partial charge on any atom is 0.193 e. The van der Waals surface area contributed by atoms with E-state index in [9.17, 15) is 4.39 Å². The number of aliphatic imine (C=N–C) groups is 1. The summed E-state index contributed by atoms with van der Waals surface area (Å²) in [6.45, 7) is 2.28. The number of nitrogens with two attached hydrogens (primary N) is 1. The number of anilines is 1. The highest BCUT2D eigenvalue weighted by Crippen LogP contribution is 2.16. The molecule has 2 rings (SSSR count). The molecule has 2 aromatic carbocycles. The smallest absolute Gasteiger partial charge is 0.193 e. The Hall–Kier alpha value is -1.88. The van der Waals surface area contributed by atoms with Gasteiger partial charge in [0.05, 0.1) is 6.54 Å². The first-order chi connectivity index (χ1) is 10.1. The lowest BCUT2D eigenvalue weighted by Crippen LogP contribution is -2.22. The van der Waals surface area contributed by atoms with Crippen molar-refractivity contribution in [1.82, 2.24) is 0 Å². The quantitative estimate of drug-likeness (QED) is 0.645. The van der Waals surface area contributed by atoms with Crippen molar-refractivity contribution < 1.29 is 4.39 Å². The Morgan fingerprint density at radius 2 is 2.10 bits per heavy atom. The molecule has 0 aliphatic carbocycles. The first kappa shape index (κ1) is 15.5. The molecule has 0 spiro atoms. The van der Waals surface area contributed by atoms with Gasteiger partial charge in [0, 0.05) is 15.7 Å². The first-order valence-electron chi connectivity index (χ1n) is 6.68. The van der Waals surface area contributed by atoms with Crippen LogP contribution in [0, 0.1) is 5.82 Å². The number of hydrogen-bond donors (Lipinski definition) is 2. The lowest BCUT2D eigenvalue weighted by Gasteiger charge is -2.07. The summed E-state index contributed by atoms with van der Waals surface area (Å²) in [6, 6.07) is 12.7. The summed E-state index contributed by atoms with van der Waals surface area (Å²) < 4.78 is 14.4. The van der Waals surface area contributed by atoms with Crippen LogP contribution >= 0.6 is 15.9 Å². The van der Waals surface area contributed by atoms with Crippen LogP contribution in [0.5, 0.6) is 0 Å². The third-order valence-corrected chi connectivity index (χ3v) is 3.53. The second-order valence-corrected chi connectivity index (χ2v) is 5.53. The molecule has 2 aromatic rings. The highest BCUT2D eigenvalue weighted by Gasteiger charge is 2.02. The van der Waals surface area contributed by atoms with E-state index >= 15 is 0 Å². The van der Waals surface area contributed by atoms with Gasteiger partial charge < -0.3 is 11.1 Å².